The largest absolute Gasteiger partial charge is 0.418 e. The first-order valence-corrected chi connectivity index (χ1v) is 10.3. The van der Waals surface area contributed by atoms with Crippen molar-refractivity contribution in [2.45, 2.75) is 12.5 Å². The molecule has 6 nitrogen and oxygen atoms in total. The molecule has 0 radical (unpaired) electrons. The summed E-state index contributed by atoms with van der Waals surface area (Å²) in [5.74, 6) is 0.660. The maximum absolute atomic E-state index is 12.6. The fourth-order valence-corrected chi connectivity index (χ4v) is 3.27. The lowest BCUT2D eigenvalue weighted by Crippen LogP contribution is -2.39. The Morgan fingerprint density at radius 3 is 2.29 bits per heavy atom. The minimum Gasteiger partial charge on any atom is -0.418 e. The number of halogens is 1. The van der Waals surface area contributed by atoms with E-state index in [-0.39, 0.29) is 6.03 Å². The molecule has 2 amide bonds. The lowest BCUT2D eigenvalue weighted by atomic mass is 10.1. The molecule has 1 atom stereocenters. The Balaban J connectivity index is 1.47. The molecule has 4 rings (SSSR count). The van der Waals surface area contributed by atoms with Crippen LogP contribution in [0, 0.1) is 0 Å². The molecule has 0 aliphatic rings. The van der Waals surface area contributed by atoms with E-state index in [4.69, 9.17) is 16.0 Å². The quantitative estimate of drug-likeness (QED) is 0.429. The zero-order valence-corrected chi connectivity index (χ0v) is 17.4. The highest BCUT2D eigenvalue weighted by molar-refractivity contribution is 6.30. The predicted octanol–water partition coefficient (Wildman–Crippen LogP) is 5.02. The molecular weight excluding hydrogens is 412 g/mol. The number of nitrogens with zero attached hydrogens (tertiary/aromatic N) is 2. The first-order chi connectivity index (χ1) is 15.2. The fraction of sp³-hybridized carbons (Fsp3) is 0.125. The Morgan fingerprint density at radius 2 is 1.58 bits per heavy atom. The van der Waals surface area contributed by atoms with Crippen molar-refractivity contribution in [3.63, 3.8) is 0 Å². The van der Waals surface area contributed by atoms with Gasteiger partial charge in [-0.2, -0.15) is 0 Å². The summed E-state index contributed by atoms with van der Waals surface area (Å²) >= 11 is 5.95. The van der Waals surface area contributed by atoms with Crippen LogP contribution in [0.3, 0.4) is 0 Å². The number of urea groups is 1. The maximum Gasteiger partial charge on any atom is 0.315 e. The van der Waals surface area contributed by atoms with Gasteiger partial charge in [0.05, 0.1) is 0 Å². The van der Waals surface area contributed by atoms with Gasteiger partial charge >= 0.3 is 6.03 Å². The monoisotopic (exact) mass is 432 g/mol. The van der Waals surface area contributed by atoms with E-state index in [1.54, 1.807) is 24.3 Å². The number of amides is 2. The molecule has 1 aromatic heterocycles. The van der Waals surface area contributed by atoms with Crippen molar-refractivity contribution in [1.82, 2.24) is 20.8 Å². The van der Waals surface area contributed by atoms with Gasteiger partial charge in [-0.25, -0.2) is 4.79 Å². The Kier molecular flexibility index (Phi) is 6.59. The molecule has 0 bridgehead atoms. The molecule has 0 saturated heterocycles. The molecule has 156 valence electrons. The molecule has 1 heterocycles. The molecule has 7 heteroatoms. The summed E-state index contributed by atoms with van der Waals surface area (Å²) in [5, 5.41) is 14.8. The molecule has 0 aliphatic carbocycles. The molecule has 0 aliphatic heterocycles. The first kappa shape index (κ1) is 20.6. The standard InChI is InChI=1S/C24H21ClN4O2/c25-20-13-11-19(12-14-20)22-28-29-23(31-22)21(18-9-5-2-6-10-18)27-24(30)26-16-15-17-7-3-1-4-8-17/h1-14,21H,15-16H2,(H2,26,27,30)/t21-/m1/s1. The minimum atomic E-state index is -0.577. The van der Waals surface area contributed by atoms with Crippen molar-refractivity contribution in [3.05, 3.63) is 107 Å². The van der Waals surface area contributed by atoms with Gasteiger partial charge in [-0.05, 0) is 41.8 Å². The van der Waals surface area contributed by atoms with Gasteiger partial charge in [-0.1, -0.05) is 72.3 Å². The number of rotatable bonds is 7. The fourth-order valence-electron chi connectivity index (χ4n) is 3.14. The Labute approximate surface area is 185 Å². The molecule has 4 aromatic rings. The molecule has 0 spiro atoms. The maximum atomic E-state index is 12.6. The van der Waals surface area contributed by atoms with E-state index in [0.29, 0.717) is 23.3 Å². The number of carbonyl (C=O) groups is 1. The lowest BCUT2D eigenvalue weighted by Gasteiger charge is -2.16. The number of hydrogen-bond acceptors (Lipinski definition) is 4. The van der Waals surface area contributed by atoms with Crippen LogP contribution in [0.2, 0.25) is 5.02 Å². The van der Waals surface area contributed by atoms with Crippen molar-refractivity contribution in [3.8, 4) is 11.5 Å². The van der Waals surface area contributed by atoms with E-state index in [9.17, 15) is 4.79 Å². The van der Waals surface area contributed by atoms with E-state index in [1.807, 2.05) is 60.7 Å². The van der Waals surface area contributed by atoms with Gasteiger partial charge in [0.2, 0.25) is 11.8 Å². The second-order valence-corrected chi connectivity index (χ2v) is 7.37. The second kappa shape index (κ2) is 9.91. The summed E-state index contributed by atoms with van der Waals surface area (Å²) in [5.41, 5.74) is 2.75. The van der Waals surface area contributed by atoms with Gasteiger partial charge in [-0.3, -0.25) is 0 Å². The minimum absolute atomic E-state index is 0.300. The summed E-state index contributed by atoms with van der Waals surface area (Å²) in [4.78, 5) is 12.6. The summed E-state index contributed by atoms with van der Waals surface area (Å²) < 4.78 is 5.89. The van der Waals surface area contributed by atoms with E-state index in [1.165, 1.54) is 0 Å². The number of nitrogens with one attached hydrogen (secondary N) is 2. The van der Waals surface area contributed by atoms with Crippen LogP contribution in [-0.2, 0) is 6.42 Å². The van der Waals surface area contributed by atoms with Crippen molar-refractivity contribution >= 4 is 17.6 Å². The van der Waals surface area contributed by atoms with Gasteiger partial charge in [0.25, 0.3) is 0 Å². The summed E-state index contributed by atoms with van der Waals surface area (Å²) in [6.07, 6.45) is 0.742. The highest BCUT2D eigenvalue weighted by Gasteiger charge is 2.23. The van der Waals surface area contributed by atoms with Crippen LogP contribution in [0.1, 0.15) is 23.1 Å². The smallest absolute Gasteiger partial charge is 0.315 e. The summed E-state index contributed by atoms with van der Waals surface area (Å²) in [6.45, 7) is 0.511. The highest BCUT2D eigenvalue weighted by Crippen LogP contribution is 2.25. The molecule has 0 saturated carbocycles. The van der Waals surface area contributed by atoms with Crippen LogP contribution in [0.25, 0.3) is 11.5 Å². The number of benzene rings is 3. The Morgan fingerprint density at radius 1 is 0.903 bits per heavy atom. The van der Waals surface area contributed by atoms with Gasteiger partial charge in [0, 0.05) is 17.1 Å². The summed E-state index contributed by atoms with van der Waals surface area (Å²) in [7, 11) is 0. The van der Waals surface area contributed by atoms with Crippen LogP contribution in [0.5, 0.6) is 0 Å². The van der Waals surface area contributed by atoms with Crippen molar-refractivity contribution in [2.75, 3.05) is 6.54 Å². The number of carbonyl (C=O) groups excluding carboxylic acids is 1. The van der Waals surface area contributed by atoms with E-state index >= 15 is 0 Å². The topological polar surface area (TPSA) is 80.0 Å². The van der Waals surface area contributed by atoms with Crippen molar-refractivity contribution < 1.29 is 9.21 Å². The molecule has 0 unspecified atom stereocenters. The number of aromatic nitrogens is 2. The molecule has 3 aromatic carbocycles. The number of hydrogen-bond donors (Lipinski definition) is 2. The van der Waals surface area contributed by atoms with Gasteiger partial charge in [-0.15, -0.1) is 10.2 Å². The molecular formula is C24H21ClN4O2. The van der Waals surface area contributed by atoms with Crippen LogP contribution in [0.4, 0.5) is 4.79 Å². The SMILES string of the molecule is O=C(NCCc1ccccc1)N[C@H](c1ccccc1)c1nnc(-c2ccc(Cl)cc2)o1. The average molecular weight is 433 g/mol. The van der Waals surface area contributed by atoms with E-state index in [2.05, 4.69) is 20.8 Å². The van der Waals surface area contributed by atoms with Gasteiger partial charge < -0.3 is 15.1 Å². The van der Waals surface area contributed by atoms with Crippen molar-refractivity contribution in [1.29, 1.82) is 0 Å². The second-order valence-electron chi connectivity index (χ2n) is 6.93. The zero-order valence-electron chi connectivity index (χ0n) is 16.7. The highest BCUT2D eigenvalue weighted by atomic mass is 35.5. The van der Waals surface area contributed by atoms with Crippen molar-refractivity contribution in [2.24, 2.45) is 0 Å². The molecule has 0 fully saturated rings. The third-order valence-corrected chi connectivity index (χ3v) is 4.98. The van der Waals surface area contributed by atoms with E-state index < -0.39 is 6.04 Å². The average Bonchev–Trinajstić information content (AvgIpc) is 3.29. The van der Waals surface area contributed by atoms with Gasteiger partial charge in [0.15, 0.2) is 0 Å². The van der Waals surface area contributed by atoms with E-state index in [0.717, 1.165) is 23.1 Å². The third kappa shape index (κ3) is 5.49. The Bertz CT molecular complexity index is 1120. The molecule has 31 heavy (non-hydrogen) atoms. The third-order valence-electron chi connectivity index (χ3n) is 4.73. The van der Waals surface area contributed by atoms with Crippen LogP contribution < -0.4 is 10.6 Å². The summed E-state index contributed by atoms with van der Waals surface area (Å²) in [6, 6.07) is 25.7. The van der Waals surface area contributed by atoms with Crippen LogP contribution in [-0.4, -0.2) is 22.8 Å². The molecule has 2 N–H and O–H groups in total. The lowest BCUT2D eigenvalue weighted by molar-refractivity contribution is 0.237. The Hall–Kier alpha value is -3.64. The predicted molar refractivity (Wildman–Crippen MR) is 120 cm³/mol. The zero-order chi connectivity index (χ0) is 21.5. The van der Waals surface area contributed by atoms with Gasteiger partial charge in [0.1, 0.15) is 6.04 Å². The van der Waals surface area contributed by atoms with Crippen LogP contribution in [0.15, 0.2) is 89.3 Å². The van der Waals surface area contributed by atoms with Crippen LogP contribution >= 0.6 is 11.6 Å². The first-order valence-electron chi connectivity index (χ1n) is 9.91. The normalized spacial score (nSPS) is 11.6.